The van der Waals surface area contributed by atoms with Crippen LogP contribution >= 0.6 is 11.6 Å². The van der Waals surface area contributed by atoms with E-state index in [-0.39, 0.29) is 11.9 Å². The Hall–Kier alpha value is -1.79. The summed E-state index contributed by atoms with van der Waals surface area (Å²) in [6, 6.07) is 7.23. The zero-order valence-electron chi connectivity index (χ0n) is 18.7. The number of hydrogen-bond acceptors (Lipinski definition) is 3. The van der Waals surface area contributed by atoms with Gasteiger partial charge in [0.25, 0.3) is 0 Å². The van der Waals surface area contributed by atoms with Crippen molar-refractivity contribution in [3.63, 3.8) is 0 Å². The number of carbonyl (C=O) groups is 2. The van der Waals surface area contributed by atoms with E-state index in [1.54, 1.807) is 0 Å². The van der Waals surface area contributed by atoms with E-state index in [4.69, 9.17) is 11.6 Å². The van der Waals surface area contributed by atoms with Gasteiger partial charge in [-0.05, 0) is 36.0 Å². The van der Waals surface area contributed by atoms with E-state index in [2.05, 4.69) is 36.3 Å². The summed E-state index contributed by atoms with van der Waals surface area (Å²) in [7, 11) is 0. The maximum atomic E-state index is 12.4. The summed E-state index contributed by atoms with van der Waals surface area (Å²) < 4.78 is 0. The SMILES string of the molecule is CC(C)(C)CN1CCN(C(=O)CCCCCNC(=O)NCc2ccc(Cl)cc2)CC1. The van der Waals surface area contributed by atoms with Crippen LogP contribution in [0, 0.1) is 5.41 Å². The van der Waals surface area contributed by atoms with Crippen LogP contribution in [0.5, 0.6) is 0 Å². The number of unbranched alkanes of at least 4 members (excludes halogenated alkanes) is 2. The van der Waals surface area contributed by atoms with Crippen LogP contribution in [0.3, 0.4) is 0 Å². The van der Waals surface area contributed by atoms with Crippen LogP contribution < -0.4 is 10.6 Å². The third-order valence-electron chi connectivity index (χ3n) is 5.14. The van der Waals surface area contributed by atoms with E-state index in [0.29, 0.717) is 29.9 Å². The molecular formula is C23H37ClN4O2. The van der Waals surface area contributed by atoms with Crippen molar-refractivity contribution in [2.75, 3.05) is 39.3 Å². The normalized spacial score (nSPS) is 15.1. The zero-order valence-corrected chi connectivity index (χ0v) is 19.4. The molecule has 6 nitrogen and oxygen atoms in total. The van der Waals surface area contributed by atoms with Gasteiger partial charge in [-0.2, -0.15) is 0 Å². The highest BCUT2D eigenvalue weighted by atomic mass is 35.5. The summed E-state index contributed by atoms with van der Waals surface area (Å²) in [5.74, 6) is 0.263. The quantitative estimate of drug-likeness (QED) is 0.577. The third-order valence-corrected chi connectivity index (χ3v) is 5.39. The van der Waals surface area contributed by atoms with Crippen molar-refractivity contribution in [2.45, 2.75) is 53.0 Å². The molecule has 1 aromatic rings. The maximum absolute atomic E-state index is 12.4. The summed E-state index contributed by atoms with van der Waals surface area (Å²) in [5.41, 5.74) is 1.31. The molecule has 1 heterocycles. The highest BCUT2D eigenvalue weighted by molar-refractivity contribution is 6.30. The summed E-state index contributed by atoms with van der Waals surface area (Å²) in [6.45, 7) is 12.5. The van der Waals surface area contributed by atoms with E-state index in [1.165, 1.54) is 0 Å². The number of piperazine rings is 1. The van der Waals surface area contributed by atoms with Crippen LogP contribution in [0.2, 0.25) is 5.02 Å². The van der Waals surface area contributed by atoms with Crippen molar-refractivity contribution >= 4 is 23.5 Å². The molecule has 7 heteroatoms. The Morgan fingerprint density at radius 3 is 2.27 bits per heavy atom. The van der Waals surface area contributed by atoms with Crippen LogP contribution in [0.25, 0.3) is 0 Å². The lowest BCUT2D eigenvalue weighted by atomic mass is 9.96. The molecule has 0 aliphatic carbocycles. The van der Waals surface area contributed by atoms with Crippen LogP contribution in [0.1, 0.15) is 52.0 Å². The molecule has 0 bridgehead atoms. The summed E-state index contributed by atoms with van der Waals surface area (Å²) in [6.07, 6.45) is 3.28. The van der Waals surface area contributed by atoms with Crippen LogP contribution in [-0.4, -0.2) is 61.0 Å². The van der Waals surface area contributed by atoms with Crippen molar-refractivity contribution in [3.05, 3.63) is 34.9 Å². The number of benzene rings is 1. The van der Waals surface area contributed by atoms with Gasteiger partial charge in [0.2, 0.25) is 5.91 Å². The molecule has 30 heavy (non-hydrogen) atoms. The number of carbonyl (C=O) groups excluding carboxylic acids is 2. The Bertz CT molecular complexity index is 665. The Labute approximate surface area is 186 Å². The van der Waals surface area contributed by atoms with Crippen LogP contribution in [0.15, 0.2) is 24.3 Å². The second-order valence-corrected chi connectivity index (χ2v) is 9.70. The van der Waals surface area contributed by atoms with Crippen molar-refractivity contribution < 1.29 is 9.59 Å². The van der Waals surface area contributed by atoms with Crippen LogP contribution in [0.4, 0.5) is 4.79 Å². The molecule has 1 saturated heterocycles. The molecule has 0 aromatic heterocycles. The fourth-order valence-electron chi connectivity index (χ4n) is 3.61. The van der Waals surface area contributed by atoms with Gasteiger partial charge in [-0.3, -0.25) is 9.69 Å². The Balaban J connectivity index is 1.49. The fraction of sp³-hybridized carbons (Fsp3) is 0.652. The fourth-order valence-corrected chi connectivity index (χ4v) is 3.74. The second kappa shape index (κ2) is 12.2. The number of hydrogen-bond donors (Lipinski definition) is 2. The van der Waals surface area contributed by atoms with Crippen molar-refractivity contribution in [2.24, 2.45) is 5.41 Å². The first kappa shape index (κ1) is 24.5. The summed E-state index contributed by atoms with van der Waals surface area (Å²) in [4.78, 5) is 28.7. The zero-order chi connectivity index (χ0) is 22.0. The first-order chi connectivity index (χ1) is 14.2. The molecule has 2 N–H and O–H groups in total. The number of nitrogens with zero attached hydrogens (tertiary/aromatic N) is 2. The number of rotatable bonds is 9. The molecule has 1 fully saturated rings. The maximum Gasteiger partial charge on any atom is 0.315 e. The number of halogens is 1. The molecule has 0 atom stereocenters. The Morgan fingerprint density at radius 1 is 0.967 bits per heavy atom. The molecular weight excluding hydrogens is 400 g/mol. The van der Waals surface area contributed by atoms with E-state index in [0.717, 1.165) is 57.5 Å². The van der Waals surface area contributed by atoms with Gasteiger partial charge in [0, 0.05) is 57.3 Å². The van der Waals surface area contributed by atoms with E-state index >= 15 is 0 Å². The molecule has 0 saturated carbocycles. The molecule has 0 radical (unpaired) electrons. The van der Waals surface area contributed by atoms with Gasteiger partial charge in [0.15, 0.2) is 0 Å². The van der Waals surface area contributed by atoms with Crippen LogP contribution in [-0.2, 0) is 11.3 Å². The highest BCUT2D eigenvalue weighted by Gasteiger charge is 2.23. The van der Waals surface area contributed by atoms with E-state index in [9.17, 15) is 9.59 Å². The van der Waals surface area contributed by atoms with E-state index < -0.39 is 0 Å². The van der Waals surface area contributed by atoms with Crippen molar-refractivity contribution in [1.82, 2.24) is 20.4 Å². The molecule has 1 aliphatic heterocycles. The van der Waals surface area contributed by atoms with Crippen molar-refractivity contribution in [1.29, 1.82) is 0 Å². The minimum atomic E-state index is -0.172. The number of nitrogens with one attached hydrogen (secondary N) is 2. The van der Waals surface area contributed by atoms with Gasteiger partial charge in [0.1, 0.15) is 0 Å². The largest absolute Gasteiger partial charge is 0.340 e. The summed E-state index contributed by atoms with van der Waals surface area (Å²) in [5, 5.41) is 6.38. The average molecular weight is 437 g/mol. The number of amides is 3. The molecule has 0 unspecified atom stereocenters. The Morgan fingerprint density at radius 2 is 1.63 bits per heavy atom. The molecule has 1 aromatic carbocycles. The highest BCUT2D eigenvalue weighted by Crippen LogP contribution is 2.17. The third kappa shape index (κ3) is 9.81. The average Bonchev–Trinajstić information content (AvgIpc) is 2.69. The predicted molar refractivity (Wildman–Crippen MR) is 123 cm³/mol. The lowest BCUT2D eigenvalue weighted by Crippen LogP contribution is -2.50. The standard InChI is InChI=1S/C23H37ClN4O2/c1-23(2,3)18-27-13-15-28(16-14-27)21(29)7-5-4-6-12-25-22(30)26-17-19-8-10-20(24)11-9-19/h8-11H,4-7,12-18H2,1-3H3,(H2,25,26,30). The van der Waals surface area contributed by atoms with Crippen molar-refractivity contribution in [3.8, 4) is 0 Å². The van der Waals surface area contributed by atoms with Gasteiger partial charge >= 0.3 is 6.03 Å². The second-order valence-electron chi connectivity index (χ2n) is 9.26. The molecule has 3 amide bonds. The summed E-state index contributed by atoms with van der Waals surface area (Å²) >= 11 is 5.85. The van der Waals surface area contributed by atoms with Gasteiger partial charge in [-0.15, -0.1) is 0 Å². The monoisotopic (exact) mass is 436 g/mol. The van der Waals surface area contributed by atoms with Gasteiger partial charge < -0.3 is 15.5 Å². The predicted octanol–water partition coefficient (Wildman–Crippen LogP) is 3.89. The topological polar surface area (TPSA) is 64.7 Å². The van der Waals surface area contributed by atoms with Gasteiger partial charge in [-0.25, -0.2) is 4.79 Å². The minimum absolute atomic E-state index is 0.172. The molecule has 2 rings (SSSR count). The molecule has 1 aliphatic rings. The Kier molecular flexibility index (Phi) is 9.92. The smallest absolute Gasteiger partial charge is 0.315 e. The first-order valence-corrected chi connectivity index (χ1v) is 11.4. The van der Waals surface area contributed by atoms with E-state index in [1.807, 2.05) is 29.2 Å². The molecule has 0 spiro atoms. The molecule has 168 valence electrons. The minimum Gasteiger partial charge on any atom is -0.340 e. The van der Waals surface area contributed by atoms with Gasteiger partial charge in [0.05, 0.1) is 0 Å². The lowest BCUT2D eigenvalue weighted by Gasteiger charge is -2.37. The lowest BCUT2D eigenvalue weighted by molar-refractivity contribution is -0.133. The number of urea groups is 1. The van der Waals surface area contributed by atoms with Gasteiger partial charge in [-0.1, -0.05) is 50.9 Å². The first-order valence-electron chi connectivity index (χ1n) is 11.0.